The Kier molecular flexibility index (Phi) is 7.54. The highest BCUT2D eigenvalue weighted by Crippen LogP contribution is 2.46. The number of rotatable bonds is 9. The Bertz CT molecular complexity index is 1750. The fourth-order valence-electron chi connectivity index (χ4n) is 7.47. The Hall–Kier alpha value is -4.58. The van der Waals surface area contributed by atoms with E-state index in [0.29, 0.717) is 23.9 Å². The van der Waals surface area contributed by atoms with E-state index >= 15 is 0 Å². The summed E-state index contributed by atoms with van der Waals surface area (Å²) in [5.41, 5.74) is 4.50. The molecule has 2 aliphatic heterocycles. The van der Waals surface area contributed by atoms with Crippen molar-refractivity contribution in [1.82, 2.24) is 25.0 Å². The Morgan fingerprint density at radius 3 is 2.45 bits per heavy atom. The molecule has 0 spiro atoms. The van der Waals surface area contributed by atoms with Gasteiger partial charge in [-0.3, -0.25) is 34.1 Å². The van der Waals surface area contributed by atoms with Gasteiger partial charge in [0, 0.05) is 42.4 Å². The van der Waals surface area contributed by atoms with Crippen LogP contribution in [0.1, 0.15) is 103 Å². The molecule has 3 aliphatic carbocycles. The quantitative estimate of drug-likeness (QED) is 0.255. The number of aromatic nitrogens is 3. The summed E-state index contributed by atoms with van der Waals surface area (Å²) in [4.78, 5) is 56.1. The molecule has 4 heterocycles. The molecule has 2 aromatic heterocycles. The number of amides is 4. The molecule has 3 saturated carbocycles. The number of hydrogen-bond donors (Lipinski definition) is 4. The number of aliphatic hydroxyl groups excluding tert-OH is 1. The normalized spacial score (nSPS) is 27.3. The van der Waals surface area contributed by atoms with Crippen molar-refractivity contribution in [2.45, 2.75) is 94.4 Å². The number of imide groups is 2. The first-order valence-corrected chi connectivity index (χ1v) is 16.9. The molecule has 47 heavy (non-hydrogen) atoms. The second kappa shape index (κ2) is 11.9. The third-order valence-corrected chi connectivity index (χ3v) is 10.4. The summed E-state index contributed by atoms with van der Waals surface area (Å²) < 4.78 is 2.13. The lowest BCUT2D eigenvalue weighted by molar-refractivity contribution is -0.136. The number of carbonyl (C=O) groups is 4. The van der Waals surface area contributed by atoms with Gasteiger partial charge in [-0.1, -0.05) is 6.07 Å². The van der Waals surface area contributed by atoms with Crippen molar-refractivity contribution in [3.05, 3.63) is 59.4 Å². The Balaban J connectivity index is 0.893. The molecule has 4 fully saturated rings. The van der Waals surface area contributed by atoms with Gasteiger partial charge in [0.1, 0.15) is 11.9 Å². The second-order valence-corrected chi connectivity index (χ2v) is 13.8. The molecular formula is C35H39N7O5. The van der Waals surface area contributed by atoms with Crippen molar-refractivity contribution in [2.75, 3.05) is 17.2 Å². The van der Waals surface area contributed by atoms with Gasteiger partial charge in [-0.05, 0) is 94.0 Å². The van der Waals surface area contributed by atoms with Crippen LogP contribution in [0, 0.1) is 5.92 Å². The largest absolute Gasteiger partial charge is 0.393 e. The van der Waals surface area contributed by atoms with Crippen LogP contribution in [-0.4, -0.2) is 73.1 Å². The maximum atomic E-state index is 13.2. The average Bonchev–Trinajstić information content (AvgIpc) is 3.75. The fourth-order valence-corrected chi connectivity index (χ4v) is 7.47. The molecule has 4 N–H and O–H groups in total. The molecule has 0 radical (unpaired) electrons. The highest BCUT2D eigenvalue weighted by atomic mass is 16.3. The minimum absolute atomic E-state index is 0.0930. The summed E-state index contributed by atoms with van der Waals surface area (Å²) >= 11 is 0. The minimum atomic E-state index is -0.972. The van der Waals surface area contributed by atoms with E-state index in [9.17, 15) is 24.3 Å². The standard InChI is InChI=1S/C35H39N7O5/c43-24-9-6-21(7-10-24)37-30-3-1-2-28(38-30)27-18-41(40-32(27)20-4-5-20)23-14-19(15-23)17-36-22-8-11-25-26(16-22)35(47)42(34(25)46)29-12-13-31(44)39-33(29)45/h1-3,8,11,16,18-21,23-24,29,36,43H,4-7,9-10,12-15,17H2,(H,37,38)(H,39,44,45). The monoisotopic (exact) mass is 637 g/mol. The number of carbonyl (C=O) groups excluding carboxylic acids is 4. The molecule has 3 aromatic rings. The smallest absolute Gasteiger partial charge is 0.262 e. The van der Waals surface area contributed by atoms with Crippen molar-refractivity contribution in [3.63, 3.8) is 0 Å². The van der Waals surface area contributed by atoms with E-state index in [-0.39, 0.29) is 30.1 Å². The van der Waals surface area contributed by atoms with Gasteiger partial charge in [-0.15, -0.1) is 0 Å². The predicted octanol–water partition coefficient (Wildman–Crippen LogP) is 4.00. The average molecular weight is 638 g/mol. The van der Waals surface area contributed by atoms with Crippen LogP contribution in [-0.2, 0) is 9.59 Å². The van der Waals surface area contributed by atoms with Gasteiger partial charge in [-0.25, -0.2) is 4.98 Å². The van der Waals surface area contributed by atoms with Crippen LogP contribution in [0.25, 0.3) is 11.3 Å². The summed E-state index contributed by atoms with van der Waals surface area (Å²) in [5.74, 6) is -0.214. The summed E-state index contributed by atoms with van der Waals surface area (Å²) in [6.45, 7) is 0.728. The lowest BCUT2D eigenvalue weighted by Gasteiger charge is -2.35. The van der Waals surface area contributed by atoms with Gasteiger partial charge in [0.25, 0.3) is 11.8 Å². The number of aliphatic hydroxyl groups is 1. The van der Waals surface area contributed by atoms with E-state index in [4.69, 9.17) is 10.1 Å². The molecule has 8 rings (SSSR count). The van der Waals surface area contributed by atoms with E-state index in [0.717, 1.165) is 91.3 Å². The third-order valence-electron chi connectivity index (χ3n) is 10.4. The summed E-state index contributed by atoms with van der Waals surface area (Å²) in [6.07, 6.45) is 10.0. The van der Waals surface area contributed by atoms with Gasteiger partial charge in [-0.2, -0.15) is 5.10 Å². The van der Waals surface area contributed by atoms with Gasteiger partial charge in [0.2, 0.25) is 11.8 Å². The number of anilines is 2. The molecule has 1 aromatic carbocycles. The first-order valence-electron chi connectivity index (χ1n) is 16.9. The van der Waals surface area contributed by atoms with Crippen LogP contribution in [0.4, 0.5) is 11.5 Å². The Morgan fingerprint density at radius 2 is 1.68 bits per heavy atom. The second-order valence-electron chi connectivity index (χ2n) is 13.8. The zero-order valence-corrected chi connectivity index (χ0v) is 26.2. The molecule has 1 atom stereocenters. The van der Waals surface area contributed by atoms with E-state index < -0.39 is 29.7 Å². The highest BCUT2D eigenvalue weighted by molar-refractivity contribution is 6.23. The third kappa shape index (κ3) is 5.79. The topological polar surface area (TPSA) is 159 Å². The van der Waals surface area contributed by atoms with Crippen molar-refractivity contribution >= 4 is 35.1 Å². The first kappa shape index (κ1) is 29.8. The summed E-state index contributed by atoms with van der Waals surface area (Å²) in [7, 11) is 0. The molecule has 244 valence electrons. The van der Waals surface area contributed by atoms with Crippen LogP contribution < -0.4 is 16.0 Å². The van der Waals surface area contributed by atoms with Crippen LogP contribution >= 0.6 is 0 Å². The zero-order valence-electron chi connectivity index (χ0n) is 26.2. The molecule has 0 bridgehead atoms. The lowest BCUT2D eigenvalue weighted by Crippen LogP contribution is -2.54. The molecular weight excluding hydrogens is 598 g/mol. The number of piperidine rings is 1. The van der Waals surface area contributed by atoms with Gasteiger partial charge in [0.05, 0.1) is 34.7 Å². The number of hydrogen-bond acceptors (Lipinski definition) is 9. The van der Waals surface area contributed by atoms with Crippen LogP contribution in [0.5, 0.6) is 0 Å². The van der Waals surface area contributed by atoms with E-state index in [2.05, 4.69) is 39.0 Å². The molecule has 1 unspecified atom stereocenters. The number of nitrogens with one attached hydrogen (secondary N) is 3. The zero-order chi connectivity index (χ0) is 32.2. The van der Waals surface area contributed by atoms with Crippen molar-refractivity contribution in [2.24, 2.45) is 5.92 Å². The number of benzene rings is 1. The summed E-state index contributed by atoms with van der Waals surface area (Å²) in [5, 5.41) is 24.2. The first-order chi connectivity index (χ1) is 22.8. The maximum Gasteiger partial charge on any atom is 0.262 e. The Labute approximate surface area is 272 Å². The molecule has 1 saturated heterocycles. The molecule has 12 nitrogen and oxygen atoms in total. The van der Waals surface area contributed by atoms with Gasteiger partial charge < -0.3 is 15.7 Å². The SMILES string of the molecule is O=C1CCC(N2C(=O)c3ccc(NCC4CC(n5cc(-c6cccc(NC7CCC(O)CC7)n6)c(C6CC6)n5)C4)cc3C2=O)C(=O)N1. The Morgan fingerprint density at radius 1 is 0.894 bits per heavy atom. The molecule has 5 aliphatic rings. The predicted molar refractivity (Wildman–Crippen MR) is 173 cm³/mol. The molecule has 4 amide bonds. The summed E-state index contributed by atoms with van der Waals surface area (Å²) in [6, 6.07) is 10.9. The van der Waals surface area contributed by atoms with Gasteiger partial charge >= 0.3 is 0 Å². The molecule has 12 heteroatoms. The van der Waals surface area contributed by atoms with E-state index in [1.54, 1.807) is 18.2 Å². The number of nitrogens with zero attached hydrogens (tertiary/aromatic N) is 4. The minimum Gasteiger partial charge on any atom is -0.393 e. The van der Waals surface area contributed by atoms with Gasteiger partial charge in [0.15, 0.2) is 0 Å². The van der Waals surface area contributed by atoms with Crippen LogP contribution in [0.2, 0.25) is 0 Å². The lowest BCUT2D eigenvalue weighted by atomic mass is 9.80. The van der Waals surface area contributed by atoms with Crippen LogP contribution in [0.3, 0.4) is 0 Å². The van der Waals surface area contributed by atoms with Crippen LogP contribution in [0.15, 0.2) is 42.6 Å². The van der Waals surface area contributed by atoms with Crippen molar-refractivity contribution in [3.8, 4) is 11.3 Å². The van der Waals surface area contributed by atoms with E-state index in [1.165, 1.54) is 0 Å². The fraction of sp³-hybridized carbons (Fsp3) is 0.486. The number of fused-ring (bicyclic) bond motifs is 1. The van der Waals surface area contributed by atoms with E-state index in [1.807, 2.05) is 6.07 Å². The van der Waals surface area contributed by atoms with Crippen molar-refractivity contribution in [1.29, 1.82) is 0 Å². The number of pyridine rings is 1. The maximum absolute atomic E-state index is 13.2. The van der Waals surface area contributed by atoms with Crippen molar-refractivity contribution < 1.29 is 24.3 Å². The highest BCUT2D eigenvalue weighted by Gasteiger charge is 2.44.